The summed E-state index contributed by atoms with van der Waals surface area (Å²) in [5.41, 5.74) is 3.05. The van der Waals surface area contributed by atoms with Crippen LogP contribution in [-0.2, 0) is 16.6 Å². The molecule has 2 aromatic carbocycles. The van der Waals surface area contributed by atoms with Crippen LogP contribution in [0.4, 0.5) is 0 Å². The summed E-state index contributed by atoms with van der Waals surface area (Å²) in [4.78, 5) is 50.7. The van der Waals surface area contributed by atoms with E-state index in [1.54, 1.807) is 0 Å². The SMILES string of the molecule is CC(C)(C)c1ccc(C(=O)N(CCNC(=O)c2cnccn2)CC2CCN(C(=O)Cc3ccccc3)CC2)cc1. The minimum absolute atomic E-state index is 0.00219. The number of amides is 3. The van der Waals surface area contributed by atoms with Gasteiger partial charge in [0.15, 0.2) is 0 Å². The number of likely N-dealkylation sites (tertiary alicyclic amines) is 1. The summed E-state index contributed by atoms with van der Waals surface area (Å²) >= 11 is 0. The van der Waals surface area contributed by atoms with E-state index in [0.29, 0.717) is 44.7 Å². The first-order chi connectivity index (χ1) is 19.2. The normalized spacial score (nSPS) is 14.0. The van der Waals surface area contributed by atoms with Gasteiger partial charge < -0.3 is 15.1 Å². The highest BCUT2D eigenvalue weighted by Gasteiger charge is 2.27. The number of nitrogens with one attached hydrogen (secondary N) is 1. The first-order valence-corrected chi connectivity index (χ1v) is 14.0. The molecule has 210 valence electrons. The molecule has 2 heterocycles. The molecule has 1 aliphatic rings. The molecule has 8 heteroatoms. The van der Waals surface area contributed by atoms with E-state index in [2.05, 4.69) is 36.1 Å². The van der Waals surface area contributed by atoms with Gasteiger partial charge in [0.25, 0.3) is 11.8 Å². The predicted molar refractivity (Wildman–Crippen MR) is 155 cm³/mol. The van der Waals surface area contributed by atoms with E-state index in [-0.39, 0.29) is 34.7 Å². The monoisotopic (exact) mass is 541 g/mol. The number of benzene rings is 2. The topological polar surface area (TPSA) is 95.5 Å². The van der Waals surface area contributed by atoms with Crippen molar-refractivity contribution in [2.75, 3.05) is 32.7 Å². The molecular formula is C32H39N5O3. The summed E-state index contributed by atoms with van der Waals surface area (Å²) in [6, 6.07) is 17.6. The van der Waals surface area contributed by atoms with Crippen LogP contribution in [0.15, 0.2) is 73.2 Å². The van der Waals surface area contributed by atoms with Crippen molar-refractivity contribution >= 4 is 17.7 Å². The lowest BCUT2D eigenvalue weighted by atomic mass is 9.86. The van der Waals surface area contributed by atoms with Crippen molar-refractivity contribution in [1.29, 1.82) is 0 Å². The van der Waals surface area contributed by atoms with Gasteiger partial charge in [0, 0.05) is 50.7 Å². The molecule has 0 saturated carbocycles. The van der Waals surface area contributed by atoms with Crippen molar-refractivity contribution in [2.45, 2.75) is 45.4 Å². The van der Waals surface area contributed by atoms with Crippen molar-refractivity contribution in [3.05, 3.63) is 95.6 Å². The molecule has 1 aromatic heterocycles. The Bertz CT molecular complexity index is 1270. The van der Waals surface area contributed by atoms with Crippen LogP contribution in [0.5, 0.6) is 0 Å². The third-order valence-corrected chi connectivity index (χ3v) is 7.39. The zero-order valence-corrected chi connectivity index (χ0v) is 23.7. The fourth-order valence-electron chi connectivity index (χ4n) is 4.94. The molecule has 0 unspecified atom stereocenters. The molecule has 3 aromatic rings. The van der Waals surface area contributed by atoms with Gasteiger partial charge in [-0.15, -0.1) is 0 Å². The Morgan fingerprint density at radius 2 is 1.68 bits per heavy atom. The van der Waals surface area contributed by atoms with Crippen molar-refractivity contribution in [3.8, 4) is 0 Å². The summed E-state index contributed by atoms with van der Waals surface area (Å²) in [5.74, 6) is 0.0366. The van der Waals surface area contributed by atoms with Crippen LogP contribution in [0.25, 0.3) is 0 Å². The average molecular weight is 542 g/mol. The number of hydrogen-bond acceptors (Lipinski definition) is 5. The first-order valence-electron chi connectivity index (χ1n) is 14.0. The number of carbonyl (C=O) groups excluding carboxylic acids is 3. The van der Waals surface area contributed by atoms with E-state index >= 15 is 0 Å². The summed E-state index contributed by atoms with van der Waals surface area (Å²) in [6.07, 6.45) is 6.48. The van der Waals surface area contributed by atoms with Crippen LogP contribution in [0, 0.1) is 5.92 Å². The standard InChI is InChI=1S/C32H39N5O3/c1-32(2,3)27-11-9-26(10-12-27)31(40)37(20-17-35-30(39)28-22-33-15-16-34-28)23-25-13-18-36(19-14-25)29(38)21-24-7-5-4-6-8-24/h4-12,15-16,22,25H,13-14,17-21,23H2,1-3H3,(H,35,39). The Morgan fingerprint density at radius 1 is 0.975 bits per heavy atom. The van der Waals surface area contributed by atoms with E-state index in [0.717, 1.165) is 18.4 Å². The lowest BCUT2D eigenvalue weighted by Gasteiger charge is -2.35. The molecular weight excluding hydrogens is 502 g/mol. The molecule has 4 rings (SSSR count). The molecule has 0 atom stereocenters. The molecule has 0 aliphatic carbocycles. The second-order valence-corrected chi connectivity index (χ2v) is 11.4. The summed E-state index contributed by atoms with van der Waals surface area (Å²) in [5, 5.41) is 2.86. The third kappa shape index (κ3) is 7.97. The number of nitrogens with zero attached hydrogens (tertiary/aromatic N) is 4. The van der Waals surface area contributed by atoms with Crippen LogP contribution in [-0.4, -0.2) is 70.2 Å². The lowest BCUT2D eigenvalue weighted by Crippen LogP contribution is -2.45. The van der Waals surface area contributed by atoms with E-state index < -0.39 is 0 Å². The molecule has 1 fully saturated rings. The molecule has 0 spiro atoms. The molecule has 3 amide bonds. The van der Waals surface area contributed by atoms with Gasteiger partial charge in [0.2, 0.25) is 5.91 Å². The molecule has 1 aliphatic heterocycles. The zero-order chi connectivity index (χ0) is 28.5. The largest absolute Gasteiger partial charge is 0.349 e. The molecule has 0 radical (unpaired) electrons. The van der Waals surface area contributed by atoms with Crippen LogP contribution >= 0.6 is 0 Å². The second-order valence-electron chi connectivity index (χ2n) is 11.4. The van der Waals surface area contributed by atoms with E-state index in [1.807, 2.05) is 64.4 Å². The Hall–Kier alpha value is -4.07. The van der Waals surface area contributed by atoms with Gasteiger partial charge in [-0.1, -0.05) is 63.2 Å². The molecule has 0 bridgehead atoms. The smallest absolute Gasteiger partial charge is 0.271 e. The van der Waals surface area contributed by atoms with E-state index in [1.165, 1.54) is 24.2 Å². The second kappa shape index (κ2) is 13.3. The van der Waals surface area contributed by atoms with Gasteiger partial charge in [0.1, 0.15) is 5.69 Å². The highest BCUT2D eigenvalue weighted by atomic mass is 16.2. The van der Waals surface area contributed by atoms with Gasteiger partial charge in [-0.25, -0.2) is 4.98 Å². The fraction of sp³-hybridized carbons (Fsp3) is 0.406. The summed E-state index contributed by atoms with van der Waals surface area (Å²) < 4.78 is 0. The number of carbonyl (C=O) groups is 3. The number of rotatable bonds is 9. The van der Waals surface area contributed by atoms with Crippen molar-refractivity contribution in [2.24, 2.45) is 5.92 Å². The van der Waals surface area contributed by atoms with Gasteiger partial charge >= 0.3 is 0 Å². The van der Waals surface area contributed by atoms with E-state index in [9.17, 15) is 14.4 Å². The Balaban J connectivity index is 1.38. The maximum atomic E-state index is 13.6. The molecule has 8 nitrogen and oxygen atoms in total. The quantitative estimate of drug-likeness (QED) is 0.440. The highest BCUT2D eigenvalue weighted by molar-refractivity contribution is 5.94. The minimum atomic E-state index is -0.319. The van der Waals surface area contributed by atoms with Crippen LogP contribution in [0.1, 0.15) is 65.6 Å². The predicted octanol–water partition coefficient (Wildman–Crippen LogP) is 4.13. The summed E-state index contributed by atoms with van der Waals surface area (Å²) in [6.45, 7) is 9.05. The third-order valence-electron chi connectivity index (χ3n) is 7.39. The zero-order valence-electron chi connectivity index (χ0n) is 23.7. The van der Waals surface area contributed by atoms with Gasteiger partial charge in [-0.05, 0) is 47.4 Å². The van der Waals surface area contributed by atoms with Crippen molar-refractivity contribution in [3.63, 3.8) is 0 Å². The number of hydrogen-bond donors (Lipinski definition) is 1. The minimum Gasteiger partial charge on any atom is -0.349 e. The van der Waals surface area contributed by atoms with E-state index in [4.69, 9.17) is 0 Å². The van der Waals surface area contributed by atoms with Crippen LogP contribution < -0.4 is 5.32 Å². The Labute approximate surface area is 236 Å². The highest BCUT2D eigenvalue weighted by Crippen LogP contribution is 2.24. The van der Waals surface area contributed by atoms with Gasteiger partial charge in [-0.3, -0.25) is 19.4 Å². The molecule has 1 saturated heterocycles. The lowest BCUT2D eigenvalue weighted by molar-refractivity contribution is -0.131. The van der Waals surface area contributed by atoms with Crippen LogP contribution in [0.3, 0.4) is 0 Å². The van der Waals surface area contributed by atoms with Gasteiger partial charge in [-0.2, -0.15) is 0 Å². The first kappa shape index (κ1) is 28.9. The average Bonchev–Trinajstić information content (AvgIpc) is 2.97. The van der Waals surface area contributed by atoms with Crippen LogP contribution in [0.2, 0.25) is 0 Å². The van der Waals surface area contributed by atoms with Crippen molar-refractivity contribution < 1.29 is 14.4 Å². The number of aromatic nitrogens is 2. The fourth-order valence-corrected chi connectivity index (χ4v) is 4.94. The van der Waals surface area contributed by atoms with Crippen molar-refractivity contribution in [1.82, 2.24) is 25.1 Å². The van der Waals surface area contributed by atoms with Gasteiger partial charge in [0.05, 0.1) is 12.6 Å². The number of piperidine rings is 1. The Morgan fingerprint density at radius 3 is 2.30 bits per heavy atom. The maximum Gasteiger partial charge on any atom is 0.271 e. The summed E-state index contributed by atoms with van der Waals surface area (Å²) in [7, 11) is 0. The molecule has 40 heavy (non-hydrogen) atoms. The maximum absolute atomic E-state index is 13.6. The Kier molecular flexibility index (Phi) is 9.64. The molecule has 1 N–H and O–H groups in total.